The van der Waals surface area contributed by atoms with Crippen molar-refractivity contribution in [1.29, 1.82) is 0 Å². The second kappa shape index (κ2) is 4.42. The van der Waals surface area contributed by atoms with E-state index in [2.05, 4.69) is 48.5 Å². The lowest BCUT2D eigenvalue weighted by atomic mass is 10.1. The molecular weight excluding hydrogens is 216 g/mol. The summed E-state index contributed by atoms with van der Waals surface area (Å²) in [6, 6.07) is 6.89. The van der Waals surface area contributed by atoms with Crippen LogP contribution in [0.1, 0.15) is 38.3 Å². The largest absolute Gasteiger partial charge is 0.331 e. The molecule has 1 heterocycles. The Hall–Kier alpha value is -1.09. The first-order valence-corrected chi connectivity index (χ1v) is 6.25. The Bertz CT molecular complexity index is 551. The fourth-order valence-corrected chi connectivity index (χ4v) is 2.60. The fourth-order valence-electron chi connectivity index (χ4n) is 2.22. The highest BCUT2D eigenvalue weighted by Gasteiger charge is 2.10. The number of benzene rings is 1. The first-order chi connectivity index (χ1) is 7.63. The van der Waals surface area contributed by atoms with Gasteiger partial charge in [0.05, 0.1) is 11.0 Å². The average molecular weight is 234 g/mol. The SMILES string of the molecule is CCCC(C)n1c(=S)[nH]c2ccc(C)cc21. The van der Waals surface area contributed by atoms with Crippen LogP contribution < -0.4 is 0 Å². The first kappa shape index (κ1) is 11.4. The molecule has 0 fully saturated rings. The number of fused-ring (bicyclic) bond motifs is 1. The maximum absolute atomic E-state index is 5.39. The summed E-state index contributed by atoms with van der Waals surface area (Å²) in [5, 5.41) is 0. The molecule has 0 aliphatic rings. The number of imidazole rings is 1. The number of nitrogens with one attached hydrogen (secondary N) is 1. The molecule has 0 aliphatic carbocycles. The number of aromatic amines is 1. The highest BCUT2D eigenvalue weighted by molar-refractivity contribution is 7.71. The Morgan fingerprint density at radius 2 is 2.19 bits per heavy atom. The Kier molecular flexibility index (Phi) is 3.15. The van der Waals surface area contributed by atoms with Crippen LogP contribution in [-0.2, 0) is 0 Å². The molecule has 0 spiro atoms. The number of nitrogens with zero attached hydrogens (tertiary/aromatic N) is 1. The molecule has 16 heavy (non-hydrogen) atoms. The van der Waals surface area contributed by atoms with Crippen LogP contribution in [0.5, 0.6) is 0 Å². The van der Waals surface area contributed by atoms with E-state index in [1.165, 1.54) is 17.5 Å². The van der Waals surface area contributed by atoms with Crippen molar-refractivity contribution in [3.8, 4) is 0 Å². The zero-order valence-electron chi connectivity index (χ0n) is 10.1. The topological polar surface area (TPSA) is 20.7 Å². The van der Waals surface area contributed by atoms with E-state index < -0.39 is 0 Å². The molecular formula is C13H18N2S. The highest BCUT2D eigenvalue weighted by atomic mass is 32.1. The third-order valence-electron chi connectivity index (χ3n) is 3.02. The lowest BCUT2D eigenvalue weighted by molar-refractivity contribution is 0.507. The van der Waals surface area contributed by atoms with Crippen LogP contribution in [0.3, 0.4) is 0 Å². The van der Waals surface area contributed by atoms with Gasteiger partial charge in [0.25, 0.3) is 0 Å². The quantitative estimate of drug-likeness (QED) is 0.782. The maximum atomic E-state index is 5.39. The predicted molar refractivity (Wildman–Crippen MR) is 71.5 cm³/mol. The standard InChI is InChI=1S/C13H18N2S/c1-4-5-10(3)15-12-8-9(2)6-7-11(12)14-13(15)16/h6-8,10H,4-5H2,1-3H3,(H,14,16). The van der Waals surface area contributed by atoms with Crippen molar-refractivity contribution in [2.24, 2.45) is 0 Å². The summed E-state index contributed by atoms with van der Waals surface area (Å²) in [6.45, 7) is 6.55. The highest BCUT2D eigenvalue weighted by Crippen LogP contribution is 2.22. The lowest BCUT2D eigenvalue weighted by Crippen LogP contribution is -2.04. The van der Waals surface area contributed by atoms with Gasteiger partial charge in [-0.05, 0) is 50.2 Å². The molecule has 0 saturated heterocycles. The Balaban J connectivity index is 2.62. The van der Waals surface area contributed by atoms with Gasteiger partial charge in [0.2, 0.25) is 0 Å². The van der Waals surface area contributed by atoms with Gasteiger partial charge in [0, 0.05) is 6.04 Å². The third kappa shape index (κ3) is 1.92. The fraction of sp³-hybridized carbons (Fsp3) is 0.462. The molecule has 0 radical (unpaired) electrons. The monoisotopic (exact) mass is 234 g/mol. The molecule has 2 rings (SSSR count). The Morgan fingerprint density at radius 3 is 2.88 bits per heavy atom. The van der Waals surface area contributed by atoms with E-state index in [9.17, 15) is 0 Å². The van der Waals surface area contributed by atoms with Crippen LogP contribution in [0.4, 0.5) is 0 Å². The molecule has 1 atom stereocenters. The van der Waals surface area contributed by atoms with Crippen LogP contribution >= 0.6 is 12.2 Å². The summed E-state index contributed by atoms with van der Waals surface area (Å²) in [5.74, 6) is 0. The first-order valence-electron chi connectivity index (χ1n) is 5.84. The van der Waals surface area contributed by atoms with Crippen LogP contribution in [0, 0.1) is 11.7 Å². The summed E-state index contributed by atoms with van der Waals surface area (Å²) in [6.07, 6.45) is 2.34. The van der Waals surface area contributed by atoms with Gasteiger partial charge < -0.3 is 9.55 Å². The number of H-pyrrole nitrogens is 1. The second-order valence-corrected chi connectivity index (χ2v) is 4.85. The summed E-state index contributed by atoms with van der Waals surface area (Å²) >= 11 is 5.39. The molecule has 1 aromatic heterocycles. The predicted octanol–water partition coefficient (Wildman–Crippen LogP) is 4.37. The van der Waals surface area contributed by atoms with Crippen molar-refractivity contribution in [1.82, 2.24) is 9.55 Å². The van der Waals surface area contributed by atoms with Gasteiger partial charge in [-0.25, -0.2) is 0 Å². The summed E-state index contributed by atoms with van der Waals surface area (Å²) in [5.41, 5.74) is 3.64. The summed E-state index contributed by atoms with van der Waals surface area (Å²) in [7, 11) is 0. The maximum Gasteiger partial charge on any atom is 0.178 e. The smallest absolute Gasteiger partial charge is 0.178 e. The van der Waals surface area contributed by atoms with Crippen LogP contribution in [-0.4, -0.2) is 9.55 Å². The van der Waals surface area contributed by atoms with Crippen molar-refractivity contribution in [3.05, 3.63) is 28.5 Å². The molecule has 0 amide bonds. The summed E-state index contributed by atoms with van der Waals surface area (Å²) in [4.78, 5) is 3.27. The van der Waals surface area contributed by atoms with Crippen molar-refractivity contribution in [3.63, 3.8) is 0 Å². The molecule has 1 N–H and O–H groups in total. The molecule has 3 heteroatoms. The Labute approximate surface area is 101 Å². The Morgan fingerprint density at radius 1 is 1.44 bits per heavy atom. The van der Waals surface area contributed by atoms with E-state index in [1.54, 1.807) is 0 Å². The summed E-state index contributed by atoms with van der Waals surface area (Å²) < 4.78 is 3.07. The van der Waals surface area contributed by atoms with Gasteiger partial charge in [-0.1, -0.05) is 19.4 Å². The van der Waals surface area contributed by atoms with Crippen LogP contribution in [0.15, 0.2) is 18.2 Å². The van der Waals surface area contributed by atoms with E-state index >= 15 is 0 Å². The van der Waals surface area contributed by atoms with Crippen LogP contribution in [0.2, 0.25) is 0 Å². The lowest BCUT2D eigenvalue weighted by Gasteiger charge is -2.13. The van der Waals surface area contributed by atoms with Gasteiger partial charge in [0.15, 0.2) is 4.77 Å². The molecule has 86 valence electrons. The van der Waals surface area contributed by atoms with E-state index in [0.29, 0.717) is 6.04 Å². The van der Waals surface area contributed by atoms with E-state index in [4.69, 9.17) is 12.2 Å². The average Bonchev–Trinajstić information content (AvgIpc) is 2.53. The normalized spacial score (nSPS) is 13.2. The van der Waals surface area contributed by atoms with Crippen molar-refractivity contribution >= 4 is 23.3 Å². The van der Waals surface area contributed by atoms with Crippen molar-refractivity contribution < 1.29 is 0 Å². The zero-order chi connectivity index (χ0) is 11.7. The minimum absolute atomic E-state index is 0.466. The number of aryl methyl sites for hydroxylation is 1. The molecule has 1 unspecified atom stereocenters. The minimum atomic E-state index is 0.466. The third-order valence-corrected chi connectivity index (χ3v) is 3.32. The molecule has 0 bridgehead atoms. The van der Waals surface area contributed by atoms with E-state index in [-0.39, 0.29) is 0 Å². The molecule has 1 aromatic carbocycles. The van der Waals surface area contributed by atoms with Crippen molar-refractivity contribution in [2.45, 2.75) is 39.7 Å². The number of rotatable bonds is 3. The molecule has 0 saturated carbocycles. The molecule has 2 nitrogen and oxygen atoms in total. The van der Waals surface area contributed by atoms with Crippen LogP contribution in [0.25, 0.3) is 11.0 Å². The minimum Gasteiger partial charge on any atom is -0.331 e. The van der Waals surface area contributed by atoms with Gasteiger partial charge >= 0.3 is 0 Å². The zero-order valence-corrected chi connectivity index (χ0v) is 10.9. The number of hydrogen-bond acceptors (Lipinski definition) is 1. The number of hydrogen-bond donors (Lipinski definition) is 1. The number of aromatic nitrogens is 2. The van der Waals surface area contributed by atoms with Gasteiger partial charge in [-0.15, -0.1) is 0 Å². The second-order valence-electron chi connectivity index (χ2n) is 4.46. The molecule has 0 aliphatic heterocycles. The van der Waals surface area contributed by atoms with Crippen molar-refractivity contribution in [2.75, 3.05) is 0 Å². The van der Waals surface area contributed by atoms with E-state index in [1.807, 2.05) is 0 Å². The van der Waals surface area contributed by atoms with E-state index in [0.717, 1.165) is 16.7 Å². The molecule has 2 aromatic rings. The van der Waals surface area contributed by atoms with Gasteiger partial charge in [-0.2, -0.15) is 0 Å². The van der Waals surface area contributed by atoms with Gasteiger partial charge in [-0.3, -0.25) is 0 Å². The van der Waals surface area contributed by atoms with Gasteiger partial charge in [0.1, 0.15) is 0 Å².